The van der Waals surface area contributed by atoms with Crippen molar-refractivity contribution >= 4 is 21.8 Å². The van der Waals surface area contributed by atoms with Gasteiger partial charge in [0.25, 0.3) is 0 Å². The second kappa shape index (κ2) is 9.51. The number of ether oxygens (including phenoxy) is 1. The van der Waals surface area contributed by atoms with Gasteiger partial charge in [-0.25, -0.2) is 0 Å². The maximum absolute atomic E-state index is 12.2. The number of nitrogens with one attached hydrogen (secondary N) is 1. The highest BCUT2D eigenvalue weighted by Crippen LogP contribution is 2.24. The van der Waals surface area contributed by atoms with Crippen molar-refractivity contribution in [2.24, 2.45) is 0 Å². The Morgan fingerprint density at radius 1 is 1.36 bits per heavy atom. The van der Waals surface area contributed by atoms with Crippen LogP contribution in [0.5, 0.6) is 0 Å². The predicted molar refractivity (Wildman–Crippen MR) is 103 cm³/mol. The molecule has 136 valence electrons. The van der Waals surface area contributed by atoms with E-state index in [1.807, 2.05) is 12.1 Å². The summed E-state index contributed by atoms with van der Waals surface area (Å²) < 4.78 is 6.95. The first-order chi connectivity index (χ1) is 12.2. The number of amides is 1. The van der Waals surface area contributed by atoms with Gasteiger partial charge in [-0.1, -0.05) is 39.7 Å². The minimum absolute atomic E-state index is 0.0337. The molecule has 0 saturated carbocycles. The normalized spacial score (nSPS) is 21.6. The molecule has 1 fully saturated rings. The molecule has 1 heterocycles. The van der Waals surface area contributed by atoms with Gasteiger partial charge in [0, 0.05) is 24.1 Å². The summed E-state index contributed by atoms with van der Waals surface area (Å²) >= 11 is 3.51. The molecule has 1 unspecified atom stereocenters. The molecule has 0 spiro atoms. The molecule has 1 amide bonds. The Balaban J connectivity index is 1.42. The van der Waals surface area contributed by atoms with Gasteiger partial charge in [-0.3, -0.25) is 9.69 Å². The maximum atomic E-state index is 12.2. The van der Waals surface area contributed by atoms with Crippen LogP contribution in [0.4, 0.5) is 0 Å². The van der Waals surface area contributed by atoms with Gasteiger partial charge >= 0.3 is 0 Å². The highest BCUT2D eigenvalue weighted by Gasteiger charge is 2.23. The monoisotopic (exact) mass is 406 g/mol. The first-order valence-corrected chi connectivity index (χ1v) is 10.0. The van der Waals surface area contributed by atoms with E-state index in [1.54, 1.807) is 0 Å². The van der Waals surface area contributed by atoms with E-state index in [0.29, 0.717) is 13.2 Å². The standard InChI is InChI=1S/C20H27BrN2O2/c21-18-8-4-7-17(13-18)19-14-23(11-12-25-19)15-20(24)22-10-9-16-5-2-1-3-6-16/h4-5,7-8,13,19H,1-3,6,9-12,14-15H2,(H,22,24). The number of morpholine rings is 1. The summed E-state index contributed by atoms with van der Waals surface area (Å²) in [4.78, 5) is 14.4. The SMILES string of the molecule is O=C(CN1CCOC(c2cccc(Br)c2)C1)NCCC1=CCCCC1. The third kappa shape index (κ3) is 5.94. The molecule has 1 aromatic rings. The van der Waals surface area contributed by atoms with Gasteiger partial charge in [0.1, 0.15) is 0 Å². The van der Waals surface area contributed by atoms with Crippen LogP contribution in [-0.4, -0.2) is 43.6 Å². The fourth-order valence-electron chi connectivity index (χ4n) is 3.51. The van der Waals surface area contributed by atoms with E-state index in [4.69, 9.17) is 4.74 Å². The zero-order valence-corrected chi connectivity index (χ0v) is 16.3. The number of halogens is 1. The summed E-state index contributed by atoms with van der Waals surface area (Å²) in [5.41, 5.74) is 2.66. The highest BCUT2D eigenvalue weighted by atomic mass is 79.9. The summed E-state index contributed by atoms with van der Waals surface area (Å²) in [6.07, 6.45) is 8.39. The first-order valence-electron chi connectivity index (χ1n) is 9.25. The molecule has 4 nitrogen and oxygen atoms in total. The van der Waals surface area contributed by atoms with Gasteiger partial charge in [0.15, 0.2) is 0 Å². The smallest absolute Gasteiger partial charge is 0.234 e. The molecule has 25 heavy (non-hydrogen) atoms. The molecular formula is C20H27BrN2O2. The average molecular weight is 407 g/mol. The van der Waals surface area contributed by atoms with Crippen LogP contribution in [0.1, 0.15) is 43.8 Å². The molecule has 1 atom stereocenters. The summed E-state index contributed by atoms with van der Waals surface area (Å²) in [6.45, 7) is 3.44. The third-order valence-corrected chi connectivity index (χ3v) is 5.38. The van der Waals surface area contributed by atoms with Crippen molar-refractivity contribution in [1.29, 1.82) is 0 Å². The lowest BCUT2D eigenvalue weighted by Gasteiger charge is -2.32. The fraction of sp³-hybridized carbons (Fsp3) is 0.550. The number of nitrogens with zero attached hydrogens (tertiary/aromatic N) is 1. The number of hydrogen-bond donors (Lipinski definition) is 1. The van der Waals surface area contributed by atoms with Crippen LogP contribution in [-0.2, 0) is 9.53 Å². The number of carbonyl (C=O) groups is 1. The van der Waals surface area contributed by atoms with Gasteiger partial charge in [-0.05, 0) is 49.8 Å². The fourth-order valence-corrected chi connectivity index (χ4v) is 3.92. The molecule has 5 heteroatoms. The van der Waals surface area contributed by atoms with Crippen molar-refractivity contribution < 1.29 is 9.53 Å². The van der Waals surface area contributed by atoms with Crippen molar-refractivity contribution in [3.05, 3.63) is 46.0 Å². The summed E-state index contributed by atoms with van der Waals surface area (Å²) in [7, 11) is 0. The van der Waals surface area contributed by atoms with Crippen LogP contribution in [0.3, 0.4) is 0 Å². The Morgan fingerprint density at radius 3 is 3.08 bits per heavy atom. The Kier molecular flexibility index (Phi) is 7.08. The van der Waals surface area contributed by atoms with Crippen LogP contribution in [0.15, 0.2) is 40.4 Å². The van der Waals surface area contributed by atoms with Gasteiger partial charge in [0.2, 0.25) is 5.91 Å². The van der Waals surface area contributed by atoms with Gasteiger partial charge in [-0.2, -0.15) is 0 Å². The molecular weight excluding hydrogens is 380 g/mol. The molecule has 1 aliphatic heterocycles. The molecule has 3 rings (SSSR count). The van der Waals surface area contributed by atoms with E-state index < -0.39 is 0 Å². The predicted octanol–water partition coefficient (Wildman–Crippen LogP) is 3.83. The topological polar surface area (TPSA) is 41.6 Å². The van der Waals surface area contributed by atoms with E-state index in [9.17, 15) is 4.79 Å². The van der Waals surface area contributed by atoms with E-state index >= 15 is 0 Å². The number of rotatable bonds is 6. The van der Waals surface area contributed by atoms with Crippen LogP contribution in [0.2, 0.25) is 0 Å². The number of hydrogen-bond acceptors (Lipinski definition) is 3. The maximum Gasteiger partial charge on any atom is 0.234 e. The summed E-state index contributed by atoms with van der Waals surface area (Å²) in [5, 5.41) is 3.07. The van der Waals surface area contributed by atoms with E-state index in [1.165, 1.54) is 31.3 Å². The first kappa shape index (κ1) is 18.6. The largest absolute Gasteiger partial charge is 0.371 e. The molecule has 0 bridgehead atoms. The minimum atomic E-state index is 0.0337. The van der Waals surface area contributed by atoms with Crippen LogP contribution < -0.4 is 5.32 Å². The molecule has 0 aromatic heterocycles. The molecule has 0 radical (unpaired) electrons. The van der Waals surface area contributed by atoms with E-state index in [2.05, 4.69) is 44.4 Å². The van der Waals surface area contributed by atoms with Crippen molar-refractivity contribution in [3.8, 4) is 0 Å². The van der Waals surface area contributed by atoms with Gasteiger partial charge in [0.05, 0.1) is 19.3 Å². The van der Waals surface area contributed by atoms with E-state index in [0.717, 1.165) is 36.1 Å². The lowest BCUT2D eigenvalue weighted by Crippen LogP contribution is -2.44. The van der Waals surface area contributed by atoms with Gasteiger partial charge in [-0.15, -0.1) is 0 Å². The summed E-state index contributed by atoms with van der Waals surface area (Å²) in [5.74, 6) is 0.117. The van der Waals surface area contributed by atoms with Crippen molar-refractivity contribution in [1.82, 2.24) is 10.2 Å². The Hall–Kier alpha value is -1.17. The van der Waals surface area contributed by atoms with Crippen molar-refractivity contribution in [2.75, 3.05) is 32.8 Å². The van der Waals surface area contributed by atoms with Crippen LogP contribution in [0, 0.1) is 0 Å². The quantitative estimate of drug-likeness (QED) is 0.729. The molecule has 1 aromatic carbocycles. The lowest BCUT2D eigenvalue weighted by atomic mass is 9.97. The Morgan fingerprint density at radius 2 is 2.28 bits per heavy atom. The zero-order valence-electron chi connectivity index (χ0n) is 14.7. The Bertz CT molecular complexity index is 617. The third-order valence-electron chi connectivity index (χ3n) is 4.89. The highest BCUT2D eigenvalue weighted by molar-refractivity contribution is 9.10. The number of allylic oxidation sites excluding steroid dienone is 1. The zero-order chi connectivity index (χ0) is 17.5. The lowest BCUT2D eigenvalue weighted by molar-refractivity contribution is -0.124. The minimum Gasteiger partial charge on any atom is -0.371 e. The second-order valence-electron chi connectivity index (χ2n) is 6.86. The van der Waals surface area contributed by atoms with Gasteiger partial charge < -0.3 is 10.1 Å². The van der Waals surface area contributed by atoms with Crippen molar-refractivity contribution in [2.45, 2.75) is 38.2 Å². The molecule has 1 aliphatic carbocycles. The summed E-state index contributed by atoms with van der Waals surface area (Å²) in [6, 6.07) is 8.21. The number of carbonyl (C=O) groups excluding carboxylic acids is 1. The van der Waals surface area contributed by atoms with Crippen molar-refractivity contribution in [3.63, 3.8) is 0 Å². The van der Waals surface area contributed by atoms with E-state index in [-0.39, 0.29) is 12.0 Å². The average Bonchev–Trinajstić information content (AvgIpc) is 2.63. The number of benzene rings is 1. The Labute approximate surface area is 158 Å². The van der Waals surface area contributed by atoms with Crippen LogP contribution >= 0.6 is 15.9 Å². The molecule has 1 saturated heterocycles. The molecule has 2 aliphatic rings. The second-order valence-corrected chi connectivity index (χ2v) is 7.77. The van der Waals surface area contributed by atoms with Crippen LogP contribution in [0.25, 0.3) is 0 Å². The molecule has 1 N–H and O–H groups in total.